The van der Waals surface area contributed by atoms with E-state index in [1.54, 1.807) is 31.2 Å². The van der Waals surface area contributed by atoms with Crippen LogP contribution in [0.15, 0.2) is 59.0 Å². The minimum absolute atomic E-state index is 0.212. The van der Waals surface area contributed by atoms with Crippen LogP contribution in [-0.4, -0.2) is 15.8 Å². The Kier molecular flexibility index (Phi) is 4.93. The highest BCUT2D eigenvalue weighted by Crippen LogP contribution is 2.30. The molecule has 0 unspecified atom stereocenters. The lowest BCUT2D eigenvalue weighted by atomic mass is 10.1. The number of hydrogen-bond donors (Lipinski definition) is 1. The third-order valence-electron chi connectivity index (χ3n) is 4.50. The molecule has 0 spiro atoms. The molecule has 0 saturated heterocycles. The molecule has 1 amide bonds. The van der Waals surface area contributed by atoms with Crippen molar-refractivity contribution in [1.82, 2.24) is 4.98 Å². The quantitative estimate of drug-likeness (QED) is 0.331. The second-order valence-corrected chi connectivity index (χ2v) is 6.92. The third kappa shape index (κ3) is 3.60. The van der Waals surface area contributed by atoms with Crippen molar-refractivity contribution in [2.24, 2.45) is 0 Å². The largest absolute Gasteiger partial charge is 0.436 e. The maximum absolute atomic E-state index is 13.7. The number of nitro benzene ring substituents is 1. The van der Waals surface area contributed by atoms with Gasteiger partial charge in [0.05, 0.1) is 15.5 Å². The molecule has 3 aromatic carbocycles. The van der Waals surface area contributed by atoms with Crippen LogP contribution in [0.25, 0.3) is 22.6 Å². The maximum atomic E-state index is 13.7. The first-order valence-electron chi connectivity index (χ1n) is 8.75. The van der Waals surface area contributed by atoms with E-state index in [4.69, 9.17) is 16.0 Å². The van der Waals surface area contributed by atoms with E-state index in [1.807, 2.05) is 18.2 Å². The van der Waals surface area contributed by atoms with Gasteiger partial charge in [0.1, 0.15) is 5.52 Å². The molecule has 30 heavy (non-hydrogen) atoms. The number of benzene rings is 3. The Morgan fingerprint density at radius 2 is 1.97 bits per heavy atom. The number of nitrogens with one attached hydrogen (secondary N) is 1. The van der Waals surface area contributed by atoms with E-state index in [1.165, 1.54) is 0 Å². The summed E-state index contributed by atoms with van der Waals surface area (Å²) in [4.78, 5) is 27.2. The molecule has 150 valence electrons. The van der Waals surface area contributed by atoms with Crippen LogP contribution in [0.4, 0.5) is 15.8 Å². The first kappa shape index (κ1) is 19.5. The van der Waals surface area contributed by atoms with Crippen molar-refractivity contribution < 1.29 is 18.5 Å². The predicted molar refractivity (Wildman–Crippen MR) is 110 cm³/mol. The molecule has 0 aliphatic carbocycles. The van der Waals surface area contributed by atoms with Crippen molar-refractivity contribution in [3.63, 3.8) is 0 Å². The van der Waals surface area contributed by atoms with Gasteiger partial charge in [0.2, 0.25) is 11.7 Å². The van der Waals surface area contributed by atoms with Crippen LogP contribution in [0.2, 0.25) is 5.02 Å². The van der Waals surface area contributed by atoms with Crippen LogP contribution in [0.5, 0.6) is 0 Å². The summed E-state index contributed by atoms with van der Waals surface area (Å²) in [6.07, 6.45) is 0. The van der Waals surface area contributed by atoms with Crippen molar-refractivity contribution in [2.75, 3.05) is 5.32 Å². The summed E-state index contributed by atoms with van der Waals surface area (Å²) >= 11 is 5.93. The average Bonchev–Trinajstić information content (AvgIpc) is 3.13. The summed E-state index contributed by atoms with van der Waals surface area (Å²) in [7, 11) is 0. The zero-order valence-electron chi connectivity index (χ0n) is 15.5. The van der Waals surface area contributed by atoms with Gasteiger partial charge in [0.25, 0.3) is 5.91 Å². The number of para-hydroxylation sites is 2. The fourth-order valence-electron chi connectivity index (χ4n) is 2.93. The average molecular weight is 426 g/mol. The minimum Gasteiger partial charge on any atom is -0.436 e. The van der Waals surface area contributed by atoms with Crippen LogP contribution < -0.4 is 5.32 Å². The van der Waals surface area contributed by atoms with Gasteiger partial charge in [-0.25, -0.2) is 4.98 Å². The van der Waals surface area contributed by atoms with E-state index in [9.17, 15) is 19.3 Å². The number of carbonyl (C=O) groups is 1. The van der Waals surface area contributed by atoms with Crippen LogP contribution in [0, 0.1) is 22.9 Å². The number of nitrogens with zero attached hydrogens (tertiary/aromatic N) is 2. The summed E-state index contributed by atoms with van der Waals surface area (Å²) in [5.74, 6) is -1.45. The lowest BCUT2D eigenvalue weighted by molar-refractivity contribution is -0.387. The minimum atomic E-state index is -1.12. The van der Waals surface area contributed by atoms with E-state index in [0.29, 0.717) is 28.2 Å². The Morgan fingerprint density at radius 3 is 2.70 bits per heavy atom. The van der Waals surface area contributed by atoms with Gasteiger partial charge in [0.15, 0.2) is 5.58 Å². The van der Waals surface area contributed by atoms with E-state index in [2.05, 4.69) is 10.3 Å². The van der Waals surface area contributed by atoms with Crippen LogP contribution >= 0.6 is 11.6 Å². The lowest BCUT2D eigenvalue weighted by Gasteiger charge is -2.11. The van der Waals surface area contributed by atoms with Crippen molar-refractivity contribution in [2.45, 2.75) is 6.92 Å². The Balaban J connectivity index is 1.68. The SMILES string of the molecule is Cc1ccc(-c2nc3ccccc3o2)cc1NC(=O)c1cc([N+](=O)[O-])c(F)cc1Cl. The van der Waals surface area contributed by atoms with Gasteiger partial charge in [-0.3, -0.25) is 14.9 Å². The first-order valence-corrected chi connectivity index (χ1v) is 9.12. The molecule has 0 radical (unpaired) electrons. The van der Waals surface area contributed by atoms with Crippen LogP contribution in [0.1, 0.15) is 15.9 Å². The molecular weight excluding hydrogens is 413 g/mol. The Bertz CT molecular complexity index is 1290. The van der Waals surface area contributed by atoms with Gasteiger partial charge in [-0.2, -0.15) is 4.39 Å². The number of aromatic nitrogens is 1. The standard InChI is InChI=1S/C21H13ClFN3O4/c1-11-6-7-12(21-25-16-4-2-3-5-19(16)30-21)8-17(11)24-20(27)13-9-18(26(28)29)15(23)10-14(13)22/h2-10H,1H3,(H,24,27). The number of fused-ring (bicyclic) bond motifs is 1. The fraction of sp³-hybridized carbons (Fsp3) is 0.0476. The number of hydrogen-bond acceptors (Lipinski definition) is 5. The number of halogens is 2. The Labute approximate surface area is 174 Å². The van der Waals surface area contributed by atoms with E-state index in [-0.39, 0.29) is 10.6 Å². The molecule has 0 bridgehead atoms. The monoisotopic (exact) mass is 425 g/mol. The molecule has 9 heteroatoms. The second kappa shape index (κ2) is 7.57. The highest BCUT2D eigenvalue weighted by atomic mass is 35.5. The third-order valence-corrected chi connectivity index (χ3v) is 4.82. The zero-order chi connectivity index (χ0) is 21.4. The number of carbonyl (C=O) groups excluding carboxylic acids is 1. The molecule has 1 aromatic heterocycles. The summed E-state index contributed by atoms with van der Waals surface area (Å²) in [5, 5.41) is 13.4. The van der Waals surface area contributed by atoms with Gasteiger partial charge in [0, 0.05) is 23.4 Å². The topological polar surface area (TPSA) is 98.3 Å². The summed E-state index contributed by atoms with van der Waals surface area (Å²) in [6.45, 7) is 1.78. The summed E-state index contributed by atoms with van der Waals surface area (Å²) < 4.78 is 19.4. The summed E-state index contributed by atoms with van der Waals surface area (Å²) in [6, 6.07) is 14.1. The maximum Gasteiger partial charge on any atom is 0.305 e. The van der Waals surface area contributed by atoms with Crippen molar-refractivity contribution in [1.29, 1.82) is 0 Å². The highest BCUT2D eigenvalue weighted by molar-refractivity contribution is 6.34. The van der Waals surface area contributed by atoms with Gasteiger partial charge in [-0.05, 0) is 36.8 Å². The van der Waals surface area contributed by atoms with Crippen molar-refractivity contribution >= 4 is 40.0 Å². The first-order chi connectivity index (χ1) is 14.3. The second-order valence-electron chi connectivity index (χ2n) is 6.51. The van der Waals surface area contributed by atoms with E-state index < -0.39 is 22.3 Å². The van der Waals surface area contributed by atoms with Gasteiger partial charge in [-0.15, -0.1) is 0 Å². The molecular formula is C21H13ClFN3O4. The predicted octanol–water partition coefficient (Wildman–Crippen LogP) is 5.76. The molecule has 1 heterocycles. The summed E-state index contributed by atoms with van der Waals surface area (Å²) in [5.41, 5.74) is 2.08. The molecule has 0 aliphatic heterocycles. The number of rotatable bonds is 4. The number of oxazole rings is 1. The van der Waals surface area contributed by atoms with Gasteiger partial charge < -0.3 is 9.73 Å². The van der Waals surface area contributed by atoms with Crippen LogP contribution in [0.3, 0.4) is 0 Å². The van der Waals surface area contributed by atoms with Crippen molar-refractivity contribution in [3.8, 4) is 11.5 Å². The molecule has 0 atom stereocenters. The number of amides is 1. The van der Waals surface area contributed by atoms with Gasteiger partial charge >= 0.3 is 5.69 Å². The van der Waals surface area contributed by atoms with Crippen molar-refractivity contribution in [3.05, 3.63) is 86.7 Å². The zero-order valence-corrected chi connectivity index (χ0v) is 16.2. The van der Waals surface area contributed by atoms with E-state index in [0.717, 1.165) is 17.7 Å². The smallest absolute Gasteiger partial charge is 0.305 e. The molecule has 0 saturated carbocycles. The number of aryl methyl sites for hydroxylation is 1. The lowest BCUT2D eigenvalue weighted by Crippen LogP contribution is -2.14. The fourth-order valence-corrected chi connectivity index (χ4v) is 3.16. The Hall–Kier alpha value is -3.78. The van der Waals surface area contributed by atoms with E-state index >= 15 is 0 Å². The van der Waals surface area contributed by atoms with Crippen LogP contribution in [-0.2, 0) is 0 Å². The molecule has 0 aliphatic rings. The molecule has 0 fully saturated rings. The van der Waals surface area contributed by atoms with Gasteiger partial charge in [-0.1, -0.05) is 29.8 Å². The normalized spacial score (nSPS) is 10.9. The highest BCUT2D eigenvalue weighted by Gasteiger charge is 2.22. The molecule has 1 N–H and O–H groups in total. The molecule has 7 nitrogen and oxygen atoms in total. The molecule has 4 rings (SSSR count). The number of anilines is 1. The molecule has 4 aromatic rings. The number of nitro groups is 1. The Morgan fingerprint density at radius 1 is 1.20 bits per heavy atom.